The van der Waals surface area contributed by atoms with Crippen LogP contribution in [0.1, 0.15) is 23.2 Å². The molecule has 1 aromatic rings. The summed E-state index contributed by atoms with van der Waals surface area (Å²) in [5, 5.41) is 3.48. The van der Waals surface area contributed by atoms with Crippen LogP contribution in [0, 0.1) is 5.92 Å². The van der Waals surface area contributed by atoms with Crippen LogP contribution in [-0.2, 0) is 0 Å². The number of amides is 1. The Morgan fingerprint density at radius 3 is 2.89 bits per heavy atom. The van der Waals surface area contributed by atoms with Crippen molar-refractivity contribution in [2.24, 2.45) is 11.7 Å². The molecule has 0 heterocycles. The minimum absolute atomic E-state index is 0.153. The second-order valence-electron chi connectivity index (χ2n) is 4.61. The largest absolute Gasteiger partial charge is 0.490 e. The molecule has 0 bridgehead atoms. The number of primary amides is 1. The highest BCUT2D eigenvalue weighted by Crippen LogP contribution is 2.34. The molecule has 0 aliphatic heterocycles. The first-order chi connectivity index (χ1) is 8.61. The molecule has 1 aliphatic rings. The molecule has 4 nitrogen and oxygen atoms in total. The predicted molar refractivity (Wildman–Crippen MR) is 71.0 cm³/mol. The maximum Gasteiger partial charge on any atom is 0.253 e. The smallest absolute Gasteiger partial charge is 0.253 e. The van der Waals surface area contributed by atoms with Crippen molar-refractivity contribution in [3.05, 3.63) is 28.8 Å². The number of ether oxygens (including phenoxy) is 1. The second-order valence-corrected chi connectivity index (χ2v) is 5.02. The van der Waals surface area contributed by atoms with Crippen LogP contribution in [0.2, 0.25) is 5.02 Å². The van der Waals surface area contributed by atoms with E-state index in [-0.39, 0.29) is 11.7 Å². The van der Waals surface area contributed by atoms with E-state index in [0.717, 1.165) is 19.4 Å². The molecule has 5 heteroatoms. The Morgan fingerprint density at radius 1 is 1.56 bits per heavy atom. The van der Waals surface area contributed by atoms with Crippen LogP contribution in [0.4, 0.5) is 0 Å². The van der Waals surface area contributed by atoms with Gasteiger partial charge in [0.2, 0.25) is 0 Å². The third-order valence-electron chi connectivity index (χ3n) is 3.20. The zero-order valence-electron chi connectivity index (χ0n) is 10.3. The van der Waals surface area contributed by atoms with Crippen molar-refractivity contribution < 1.29 is 9.53 Å². The normalized spacial score (nSPS) is 22.3. The first kappa shape index (κ1) is 13.2. The van der Waals surface area contributed by atoms with Gasteiger partial charge in [-0.15, -0.1) is 0 Å². The van der Waals surface area contributed by atoms with Crippen LogP contribution in [0.25, 0.3) is 0 Å². The van der Waals surface area contributed by atoms with Crippen molar-refractivity contribution in [2.45, 2.75) is 18.9 Å². The summed E-state index contributed by atoms with van der Waals surface area (Å²) in [7, 11) is 1.94. The van der Waals surface area contributed by atoms with Gasteiger partial charge in [-0.3, -0.25) is 4.79 Å². The number of hydrogen-bond acceptors (Lipinski definition) is 3. The number of nitrogens with one attached hydrogen (secondary N) is 1. The summed E-state index contributed by atoms with van der Waals surface area (Å²) in [6, 6.07) is 5.13. The van der Waals surface area contributed by atoms with Crippen LogP contribution < -0.4 is 15.8 Å². The lowest BCUT2D eigenvalue weighted by molar-refractivity contribution is 0.0643. The molecule has 1 fully saturated rings. The van der Waals surface area contributed by atoms with E-state index < -0.39 is 5.91 Å². The minimum Gasteiger partial charge on any atom is -0.490 e. The molecule has 1 saturated carbocycles. The van der Waals surface area contributed by atoms with Crippen molar-refractivity contribution in [1.29, 1.82) is 0 Å². The summed E-state index contributed by atoms with van der Waals surface area (Å²) in [6.45, 7) is 0.998. The molecular weight excluding hydrogens is 252 g/mol. The molecule has 0 unspecified atom stereocenters. The van der Waals surface area contributed by atoms with E-state index in [1.807, 2.05) is 7.05 Å². The molecule has 0 atom stereocenters. The number of carbonyl (C=O) groups is 1. The quantitative estimate of drug-likeness (QED) is 0.856. The van der Waals surface area contributed by atoms with Crippen LogP contribution in [0.3, 0.4) is 0 Å². The van der Waals surface area contributed by atoms with Gasteiger partial charge < -0.3 is 15.8 Å². The molecule has 0 spiro atoms. The van der Waals surface area contributed by atoms with Gasteiger partial charge in [-0.1, -0.05) is 17.7 Å². The predicted octanol–water partition coefficient (Wildman–Crippen LogP) is 1.82. The van der Waals surface area contributed by atoms with Crippen LogP contribution in [-0.4, -0.2) is 25.6 Å². The van der Waals surface area contributed by atoms with E-state index in [9.17, 15) is 4.79 Å². The number of benzene rings is 1. The van der Waals surface area contributed by atoms with Crippen LogP contribution in [0.5, 0.6) is 5.75 Å². The number of halogens is 1. The first-order valence-electron chi connectivity index (χ1n) is 6.01. The summed E-state index contributed by atoms with van der Waals surface area (Å²) in [5.74, 6) is 0.584. The van der Waals surface area contributed by atoms with E-state index in [2.05, 4.69) is 5.32 Å². The highest BCUT2D eigenvalue weighted by molar-refractivity contribution is 6.34. The van der Waals surface area contributed by atoms with Gasteiger partial charge in [0.15, 0.2) is 0 Å². The Labute approximate surface area is 111 Å². The van der Waals surface area contributed by atoms with E-state index in [1.54, 1.807) is 18.2 Å². The molecule has 18 heavy (non-hydrogen) atoms. The number of hydrogen-bond donors (Lipinski definition) is 2. The van der Waals surface area contributed by atoms with Gasteiger partial charge in [-0.2, -0.15) is 0 Å². The molecule has 0 saturated heterocycles. The summed E-state index contributed by atoms with van der Waals surface area (Å²) in [5.41, 5.74) is 5.59. The van der Waals surface area contributed by atoms with Crippen molar-refractivity contribution in [2.75, 3.05) is 13.6 Å². The second kappa shape index (κ2) is 5.59. The highest BCUT2D eigenvalue weighted by Gasteiger charge is 2.31. The van der Waals surface area contributed by atoms with Gasteiger partial charge >= 0.3 is 0 Å². The summed E-state index contributed by atoms with van der Waals surface area (Å²) in [6.07, 6.45) is 2.14. The topological polar surface area (TPSA) is 64.3 Å². The lowest BCUT2D eigenvalue weighted by Gasteiger charge is -2.35. The van der Waals surface area contributed by atoms with Crippen molar-refractivity contribution >= 4 is 17.5 Å². The average Bonchev–Trinajstić information content (AvgIpc) is 2.25. The Bertz CT molecular complexity index is 445. The first-order valence-corrected chi connectivity index (χ1v) is 6.39. The lowest BCUT2D eigenvalue weighted by Crippen LogP contribution is -2.39. The molecule has 1 amide bonds. The monoisotopic (exact) mass is 268 g/mol. The molecular formula is C13H17ClN2O2. The Hall–Kier alpha value is -1.26. The highest BCUT2D eigenvalue weighted by atomic mass is 35.5. The van der Waals surface area contributed by atoms with Crippen LogP contribution >= 0.6 is 11.6 Å². The molecule has 1 aliphatic carbocycles. The van der Waals surface area contributed by atoms with Gasteiger partial charge in [-0.25, -0.2) is 0 Å². The molecule has 1 aromatic carbocycles. The number of rotatable bonds is 5. The maximum absolute atomic E-state index is 11.3. The van der Waals surface area contributed by atoms with E-state index in [4.69, 9.17) is 22.1 Å². The SMILES string of the molecule is CNCC1CC(Oc2cccc(Cl)c2C(N)=O)C1. The maximum atomic E-state index is 11.3. The zero-order valence-corrected chi connectivity index (χ0v) is 11.0. The molecule has 3 N–H and O–H groups in total. The van der Waals surface area contributed by atoms with Crippen molar-refractivity contribution in [3.63, 3.8) is 0 Å². The van der Waals surface area contributed by atoms with E-state index >= 15 is 0 Å². The third-order valence-corrected chi connectivity index (χ3v) is 3.52. The van der Waals surface area contributed by atoms with Gasteiger partial charge in [0, 0.05) is 0 Å². The minimum atomic E-state index is -0.554. The van der Waals surface area contributed by atoms with Crippen molar-refractivity contribution in [1.82, 2.24) is 5.32 Å². The lowest BCUT2D eigenvalue weighted by atomic mass is 9.82. The van der Waals surface area contributed by atoms with Crippen molar-refractivity contribution in [3.8, 4) is 5.75 Å². The Balaban J connectivity index is 2.02. The van der Waals surface area contributed by atoms with Gasteiger partial charge in [0.05, 0.1) is 16.7 Å². The fourth-order valence-corrected chi connectivity index (χ4v) is 2.51. The Kier molecular flexibility index (Phi) is 4.09. The zero-order chi connectivity index (χ0) is 13.1. The van der Waals surface area contributed by atoms with E-state index in [0.29, 0.717) is 16.7 Å². The van der Waals surface area contributed by atoms with Crippen LogP contribution in [0.15, 0.2) is 18.2 Å². The van der Waals surface area contributed by atoms with Gasteiger partial charge in [0.25, 0.3) is 5.91 Å². The molecule has 98 valence electrons. The standard InChI is InChI=1S/C13H17ClN2O2/c1-16-7-8-5-9(6-8)18-11-4-2-3-10(14)12(11)13(15)17/h2-4,8-9,16H,5-7H2,1H3,(H2,15,17). The molecule has 2 rings (SSSR count). The number of nitrogens with two attached hydrogens (primary N) is 1. The fraction of sp³-hybridized carbons (Fsp3) is 0.462. The molecule has 0 radical (unpaired) electrons. The Morgan fingerprint density at radius 2 is 2.28 bits per heavy atom. The summed E-state index contributed by atoms with van der Waals surface area (Å²) >= 11 is 5.96. The molecule has 0 aromatic heterocycles. The average molecular weight is 269 g/mol. The number of carbonyl (C=O) groups excluding carboxylic acids is 1. The van der Waals surface area contributed by atoms with E-state index in [1.165, 1.54) is 0 Å². The summed E-state index contributed by atoms with van der Waals surface area (Å²) < 4.78 is 5.79. The van der Waals surface area contributed by atoms with Gasteiger partial charge in [-0.05, 0) is 44.5 Å². The summed E-state index contributed by atoms with van der Waals surface area (Å²) in [4.78, 5) is 11.3. The third kappa shape index (κ3) is 2.76. The fourth-order valence-electron chi connectivity index (χ4n) is 2.25. The van der Waals surface area contributed by atoms with Gasteiger partial charge in [0.1, 0.15) is 5.75 Å².